The molecule has 0 fully saturated rings. The van der Waals surface area contributed by atoms with Crippen LogP contribution >= 0.6 is 11.6 Å². The Labute approximate surface area is 113 Å². The molecular formula is C12H14ClFO3S. The van der Waals surface area contributed by atoms with Gasteiger partial charge in [-0.2, -0.15) is 0 Å². The SMILES string of the molecule is COC(=O)CC(C)S(=O)Cc1c(F)cccc1Cl. The summed E-state index contributed by atoms with van der Waals surface area (Å²) in [6, 6.07) is 4.30. The van der Waals surface area contributed by atoms with Gasteiger partial charge in [0.25, 0.3) is 0 Å². The zero-order chi connectivity index (χ0) is 13.7. The summed E-state index contributed by atoms with van der Waals surface area (Å²) in [6.07, 6.45) is 0.0369. The van der Waals surface area contributed by atoms with Gasteiger partial charge < -0.3 is 4.74 Å². The molecule has 0 heterocycles. The molecule has 0 aromatic heterocycles. The number of hydrogen-bond acceptors (Lipinski definition) is 3. The van der Waals surface area contributed by atoms with E-state index in [4.69, 9.17) is 11.6 Å². The lowest BCUT2D eigenvalue weighted by Gasteiger charge is -2.11. The van der Waals surface area contributed by atoms with Gasteiger partial charge >= 0.3 is 5.97 Å². The fourth-order valence-electron chi connectivity index (χ4n) is 1.37. The Morgan fingerprint density at radius 2 is 2.22 bits per heavy atom. The highest BCUT2D eigenvalue weighted by Crippen LogP contribution is 2.22. The molecule has 18 heavy (non-hydrogen) atoms. The molecule has 2 unspecified atom stereocenters. The van der Waals surface area contributed by atoms with Crippen LogP contribution in [0.2, 0.25) is 5.02 Å². The second-order valence-electron chi connectivity index (χ2n) is 3.82. The number of hydrogen-bond donors (Lipinski definition) is 0. The second-order valence-corrected chi connectivity index (χ2v) is 6.08. The zero-order valence-electron chi connectivity index (χ0n) is 10.1. The minimum absolute atomic E-state index is 0.0103. The highest BCUT2D eigenvalue weighted by molar-refractivity contribution is 7.84. The molecule has 0 radical (unpaired) electrons. The van der Waals surface area contributed by atoms with Crippen LogP contribution in [-0.4, -0.2) is 22.5 Å². The minimum atomic E-state index is -1.38. The highest BCUT2D eigenvalue weighted by Gasteiger charge is 2.19. The Kier molecular flexibility index (Phi) is 5.75. The highest BCUT2D eigenvalue weighted by atomic mass is 35.5. The summed E-state index contributed by atoms with van der Waals surface area (Å²) in [4.78, 5) is 11.1. The van der Waals surface area contributed by atoms with Gasteiger partial charge in [0.05, 0.1) is 19.3 Å². The molecule has 0 saturated heterocycles. The lowest BCUT2D eigenvalue weighted by molar-refractivity contribution is -0.140. The molecule has 0 N–H and O–H groups in total. The van der Waals surface area contributed by atoms with Crippen LogP contribution in [0.4, 0.5) is 4.39 Å². The van der Waals surface area contributed by atoms with Crippen LogP contribution in [-0.2, 0) is 26.1 Å². The van der Waals surface area contributed by atoms with Crippen LogP contribution in [0.3, 0.4) is 0 Å². The van der Waals surface area contributed by atoms with Gasteiger partial charge in [0.15, 0.2) is 0 Å². The predicted octanol–water partition coefficient (Wildman–Crippen LogP) is 2.68. The molecule has 0 spiro atoms. The van der Waals surface area contributed by atoms with E-state index in [1.807, 2.05) is 0 Å². The van der Waals surface area contributed by atoms with Gasteiger partial charge in [-0.05, 0) is 12.1 Å². The number of carbonyl (C=O) groups is 1. The topological polar surface area (TPSA) is 43.4 Å². The molecule has 0 aliphatic heterocycles. The van der Waals surface area contributed by atoms with Crippen LogP contribution in [0.5, 0.6) is 0 Å². The van der Waals surface area contributed by atoms with Crippen molar-refractivity contribution >= 4 is 28.4 Å². The Hall–Kier alpha value is -0.940. The molecule has 1 aromatic carbocycles. The lowest BCUT2D eigenvalue weighted by Crippen LogP contribution is -2.18. The smallest absolute Gasteiger partial charge is 0.306 e. The van der Waals surface area contributed by atoms with Crippen molar-refractivity contribution < 1.29 is 18.1 Å². The summed E-state index contributed by atoms with van der Waals surface area (Å²) in [5, 5.41) is -0.165. The number of esters is 1. The van der Waals surface area contributed by atoms with E-state index in [-0.39, 0.29) is 22.8 Å². The van der Waals surface area contributed by atoms with E-state index in [0.717, 1.165) is 0 Å². The lowest BCUT2D eigenvalue weighted by atomic mass is 10.2. The van der Waals surface area contributed by atoms with E-state index in [9.17, 15) is 13.4 Å². The number of methoxy groups -OCH3 is 1. The molecular weight excluding hydrogens is 279 g/mol. The average molecular weight is 293 g/mol. The molecule has 6 heteroatoms. The van der Waals surface area contributed by atoms with Crippen molar-refractivity contribution in [3.05, 3.63) is 34.6 Å². The van der Waals surface area contributed by atoms with E-state index in [0.29, 0.717) is 0 Å². The molecule has 100 valence electrons. The largest absolute Gasteiger partial charge is 0.469 e. The monoisotopic (exact) mass is 292 g/mol. The van der Waals surface area contributed by atoms with Gasteiger partial charge in [-0.15, -0.1) is 0 Å². The van der Waals surface area contributed by atoms with E-state index in [1.165, 1.54) is 19.2 Å². The number of ether oxygens (including phenoxy) is 1. The van der Waals surface area contributed by atoms with E-state index in [2.05, 4.69) is 4.74 Å². The van der Waals surface area contributed by atoms with Crippen LogP contribution in [0.15, 0.2) is 18.2 Å². The number of benzene rings is 1. The van der Waals surface area contributed by atoms with E-state index < -0.39 is 27.8 Å². The van der Waals surface area contributed by atoms with Crippen molar-refractivity contribution in [1.82, 2.24) is 0 Å². The number of carbonyl (C=O) groups excluding carboxylic acids is 1. The molecule has 2 atom stereocenters. The van der Waals surface area contributed by atoms with Crippen molar-refractivity contribution in [3.8, 4) is 0 Å². The summed E-state index contributed by atoms with van der Waals surface area (Å²) < 4.78 is 29.9. The van der Waals surface area contributed by atoms with Crippen molar-refractivity contribution in [2.45, 2.75) is 24.3 Å². The number of halogens is 2. The van der Waals surface area contributed by atoms with Crippen molar-refractivity contribution in [3.63, 3.8) is 0 Å². The maximum absolute atomic E-state index is 13.5. The fourth-order valence-corrected chi connectivity index (χ4v) is 2.86. The summed E-state index contributed by atoms with van der Waals surface area (Å²) >= 11 is 5.85. The van der Waals surface area contributed by atoms with Crippen molar-refractivity contribution in [2.24, 2.45) is 0 Å². The van der Waals surface area contributed by atoms with Gasteiger partial charge in [0.1, 0.15) is 5.82 Å². The van der Waals surface area contributed by atoms with E-state index >= 15 is 0 Å². The molecule has 0 aliphatic rings. The first-order chi connectivity index (χ1) is 8.45. The summed E-state index contributed by atoms with van der Waals surface area (Å²) in [5.41, 5.74) is 0.217. The maximum atomic E-state index is 13.5. The van der Waals surface area contributed by atoms with Crippen LogP contribution in [0.1, 0.15) is 18.9 Å². The van der Waals surface area contributed by atoms with Gasteiger partial charge in [0, 0.05) is 26.6 Å². The number of rotatable bonds is 5. The third-order valence-electron chi connectivity index (χ3n) is 2.48. The maximum Gasteiger partial charge on any atom is 0.306 e. The molecule has 3 nitrogen and oxygen atoms in total. The standard InChI is InChI=1S/C12H14ClFO3S/c1-8(6-12(15)17-2)18(16)7-9-10(13)4-3-5-11(9)14/h3-5,8H,6-7H2,1-2H3. The molecule has 0 amide bonds. The fraction of sp³-hybridized carbons (Fsp3) is 0.417. The Morgan fingerprint density at radius 3 is 2.78 bits per heavy atom. The summed E-state index contributed by atoms with van der Waals surface area (Å²) in [7, 11) is -0.114. The van der Waals surface area contributed by atoms with Gasteiger partial charge in [-0.1, -0.05) is 24.6 Å². The average Bonchev–Trinajstić information content (AvgIpc) is 2.33. The summed E-state index contributed by atoms with van der Waals surface area (Å²) in [5.74, 6) is -0.930. The van der Waals surface area contributed by atoms with Gasteiger partial charge in [0.2, 0.25) is 0 Å². The first kappa shape index (κ1) is 15.1. The first-order valence-electron chi connectivity index (χ1n) is 5.32. The molecule has 0 aliphatic carbocycles. The third kappa shape index (κ3) is 4.07. The zero-order valence-corrected chi connectivity index (χ0v) is 11.7. The molecule has 0 bridgehead atoms. The Balaban J connectivity index is 2.73. The Bertz CT molecular complexity index is 444. The first-order valence-corrected chi connectivity index (χ1v) is 7.08. The normalized spacial score (nSPS) is 14.0. The van der Waals surface area contributed by atoms with E-state index in [1.54, 1.807) is 13.0 Å². The van der Waals surface area contributed by atoms with Gasteiger partial charge in [-0.3, -0.25) is 9.00 Å². The molecule has 1 rings (SSSR count). The summed E-state index contributed by atoms with van der Waals surface area (Å²) in [6.45, 7) is 1.65. The third-order valence-corrected chi connectivity index (χ3v) is 4.47. The van der Waals surface area contributed by atoms with Gasteiger partial charge in [-0.25, -0.2) is 4.39 Å². The van der Waals surface area contributed by atoms with Crippen LogP contribution in [0.25, 0.3) is 0 Å². The van der Waals surface area contributed by atoms with Crippen LogP contribution < -0.4 is 0 Å². The second kappa shape index (κ2) is 6.85. The Morgan fingerprint density at radius 1 is 1.56 bits per heavy atom. The van der Waals surface area contributed by atoms with Crippen LogP contribution in [0, 0.1) is 5.82 Å². The molecule has 0 saturated carbocycles. The van der Waals surface area contributed by atoms with Crippen molar-refractivity contribution in [1.29, 1.82) is 0 Å². The van der Waals surface area contributed by atoms with Crippen molar-refractivity contribution in [2.75, 3.05) is 7.11 Å². The quantitative estimate of drug-likeness (QED) is 0.784. The molecule has 1 aromatic rings. The minimum Gasteiger partial charge on any atom is -0.469 e. The predicted molar refractivity (Wildman–Crippen MR) is 69.4 cm³/mol.